The van der Waals surface area contributed by atoms with Crippen LogP contribution >= 0.6 is 0 Å². The van der Waals surface area contributed by atoms with E-state index in [1.165, 1.54) is 6.08 Å². The molecule has 0 heterocycles. The number of carbonyl (C=O) groups is 1. The number of anilines is 1. The first-order valence-corrected chi connectivity index (χ1v) is 6.46. The molecule has 0 fully saturated rings. The molecule has 0 spiro atoms. The zero-order valence-electron chi connectivity index (χ0n) is 12.4. The number of esters is 1. The third-order valence-corrected chi connectivity index (χ3v) is 2.59. The zero-order chi connectivity index (χ0) is 15.7. The van der Waals surface area contributed by atoms with Gasteiger partial charge in [0.2, 0.25) is 0 Å². The molecule has 0 aliphatic rings. The van der Waals surface area contributed by atoms with Gasteiger partial charge in [0, 0.05) is 24.7 Å². The number of benzene rings is 1. The first-order chi connectivity index (χ1) is 10.1. The minimum Gasteiger partial charge on any atom is -0.462 e. The van der Waals surface area contributed by atoms with Crippen LogP contribution in [0.4, 0.5) is 5.69 Å². The van der Waals surface area contributed by atoms with Gasteiger partial charge < -0.3 is 9.64 Å². The lowest BCUT2D eigenvalue weighted by Crippen LogP contribution is -2.07. The number of allylic oxidation sites excluding steroid dienone is 2. The fourth-order valence-electron chi connectivity index (χ4n) is 1.53. The monoisotopic (exact) mass is 286 g/mol. The second kappa shape index (κ2) is 8.45. The predicted molar refractivity (Wildman–Crippen MR) is 83.7 cm³/mol. The van der Waals surface area contributed by atoms with Gasteiger partial charge in [-0.3, -0.25) is 0 Å². The van der Waals surface area contributed by atoms with Crippen LogP contribution in [0, 0.1) is 0 Å². The van der Waals surface area contributed by atoms with Gasteiger partial charge in [-0.25, -0.2) is 4.79 Å². The van der Waals surface area contributed by atoms with Gasteiger partial charge in [-0.2, -0.15) is 0 Å². The Kier molecular flexibility index (Phi) is 6.57. The lowest BCUT2D eigenvalue weighted by atomic mass is 10.2. The summed E-state index contributed by atoms with van der Waals surface area (Å²) in [7, 11) is 3.94. The maximum Gasteiger partial charge on any atom is 0.340 e. The largest absolute Gasteiger partial charge is 0.462 e. The molecule has 0 saturated carbocycles. The molecule has 0 bridgehead atoms. The van der Waals surface area contributed by atoms with E-state index in [0.717, 1.165) is 11.3 Å². The molecule has 21 heavy (non-hydrogen) atoms. The highest BCUT2D eigenvalue weighted by Crippen LogP contribution is 2.13. The van der Waals surface area contributed by atoms with Gasteiger partial charge in [0.05, 0.1) is 6.61 Å². The van der Waals surface area contributed by atoms with Gasteiger partial charge in [0.25, 0.3) is 0 Å². The maximum absolute atomic E-state index is 11.5. The molecular weight excluding hydrogens is 268 g/mol. The van der Waals surface area contributed by atoms with Crippen LogP contribution in [-0.4, -0.2) is 26.7 Å². The highest BCUT2D eigenvalue weighted by molar-refractivity contribution is 5.88. The van der Waals surface area contributed by atoms with E-state index in [1.807, 2.05) is 49.3 Å². The lowest BCUT2D eigenvalue weighted by Gasteiger charge is -2.11. The van der Waals surface area contributed by atoms with Crippen LogP contribution in [0.3, 0.4) is 0 Å². The van der Waals surface area contributed by atoms with Crippen molar-refractivity contribution in [2.75, 3.05) is 25.6 Å². The van der Waals surface area contributed by atoms with Crippen molar-refractivity contribution in [2.45, 2.75) is 6.92 Å². The van der Waals surface area contributed by atoms with Crippen LogP contribution in [0.2, 0.25) is 0 Å². The summed E-state index contributed by atoms with van der Waals surface area (Å²) in [5.41, 5.74) is 10.4. The minimum absolute atomic E-state index is 0.0690. The molecule has 6 heteroatoms. The Morgan fingerprint density at radius 2 is 2.05 bits per heavy atom. The molecule has 0 N–H and O–H groups in total. The summed E-state index contributed by atoms with van der Waals surface area (Å²) < 4.78 is 4.79. The summed E-state index contributed by atoms with van der Waals surface area (Å²) in [6.45, 7) is 1.92. The van der Waals surface area contributed by atoms with E-state index in [9.17, 15) is 4.79 Å². The summed E-state index contributed by atoms with van der Waals surface area (Å²) in [5.74, 6) is -0.636. The van der Waals surface area contributed by atoms with Crippen molar-refractivity contribution in [1.82, 2.24) is 0 Å². The van der Waals surface area contributed by atoms with Crippen LogP contribution in [0.5, 0.6) is 0 Å². The van der Waals surface area contributed by atoms with Crippen molar-refractivity contribution in [2.24, 2.45) is 5.11 Å². The van der Waals surface area contributed by atoms with Crippen molar-refractivity contribution < 1.29 is 9.53 Å². The van der Waals surface area contributed by atoms with Crippen molar-refractivity contribution in [3.8, 4) is 0 Å². The molecule has 6 nitrogen and oxygen atoms in total. The molecule has 0 aliphatic heterocycles. The normalized spacial score (nSPS) is 11.1. The van der Waals surface area contributed by atoms with E-state index in [-0.39, 0.29) is 12.3 Å². The van der Waals surface area contributed by atoms with Gasteiger partial charge in [0.1, 0.15) is 5.70 Å². The number of hydrogen-bond acceptors (Lipinski definition) is 4. The standard InChI is InChI=1S/C15H18N4O2/c1-4-21-15(20)14(17-18-16)7-5-6-12-8-10-13(11-9-12)19(2)3/h5-11H,4H2,1-3H3/b6-5+,14-7-. The van der Waals surface area contributed by atoms with Gasteiger partial charge in [-0.05, 0) is 36.2 Å². The lowest BCUT2D eigenvalue weighted by molar-refractivity contribution is -0.138. The Balaban J connectivity index is 2.84. The molecule has 0 amide bonds. The van der Waals surface area contributed by atoms with E-state index in [0.29, 0.717) is 0 Å². The average Bonchev–Trinajstić information content (AvgIpc) is 2.47. The van der Waals surface area contributed by atoms with Crippen molar-refractivity contribution in [3.63, 3.8) is 0 Å². The summed E-state index contributed by atoms with van der Waals surface area (Å²) in [6, 6.07) is 7.89. The Bertz CT molecular complexity index is 582. The fourth-order valence-corrected chi connectivity index (χ4v) is 1.53. The van der Waals surface area contributed by atoms with E-state index >= 15 is 0 Å². The summed E-state index contributed by atoms with van der Waals surface area (Å²) in [6.07, 6.45) is 4.88. The average molecular weight is 286 g/mol. The molecule has 0 aliphatic carbocycles. The van der Waals surface area contributed by atoms with E-state index in [2.05, 4.69) is 10.0 Å². The Morgan fingerprint density at radius 1 is 1.38 bits per heavy atom. The van der Waals surface area contributed by atoms with Crippen molar-refractivity contribution in [1.29, 1.82) is 0 Å². The van der Waals surface area contributed by atoms with Gasteiger partial charge in [-0.1, -0.05) is 29.4 Å². The summed E-state index contributed by atoms with van der Waals surface area (Å²) >= 11 is 0. The highest BCUT2D eigenvalue weighted by atomic mass is 16.5. The molecule has 0 saturated heterocycles. The smallest absolute Gasteiger partial charge is 0.340 e. The SMILES string of the molecule is CCOC(=O)/C(=C/C=C/c1ccc(N(C)C)cc1)N=[N+]=[N-]. The Hall–Kier alpha value is -2.72. The summed E-state index contributed by atoms with van der Waals surface area (Å²) in [5, 5.41) is 3.32. The fraction of sp³-hybridized carbons (Fsp3) is 0.267. The first-order valence-electron chi connectivity index (χ1n) is 6.46. The zero-order valence-corrected chi connectivity index (χ0v) is 12.4. The number of carbonyl (C=O) groups excluding carboxylic acids is 1. The van der Waals surface area contributed by atoms with Gasteiger partial charge >= 0.3 is 5.97 Å². The van der Waals surface area contributed by atoms with Crippen molar-refractivity contribution in [3.05, 3.63) is 58.1 Å². The molecule has 110 valence electrons. The third-order valence-electron chi connectivity index (χ3n) is 2.59. The predicted octanol–water partition coefficient (Wildman–Crippen LogP) is 3.52. The number of rotatable bonds is 6. The van der Waals surface area contributed by atoms with Gasteiger partial charge in [0.15, 0.2) is 0 Å². The molecule has 0 aromatic heterocycles. The van der Waals surface area contributed by atoms with Crippen LogP contribution in [0.15, 0.2) is 47.2 Å². The minimum atomic E-state index is -0.636. The molecule has 0 radical (unpaired) electrons. The Morgan fingerprint density at radius 3 is 2.57 bits per heavy atom. The number of ether oxygens (including phenoxy) is 1. The first kappa shape index (κ1) is 16.3. The van der Waals surface area contributed by atoms with Crippen LogP contribution in [-0.2, 0) is 9.53 Å². The van der Waals surface area contributed by atoms with Crippen LogP contribution in [0.25, 0.3) is 16.5 Å². The maximum atomic E-state index is 11.5. The van der Waals surface area contributed by atoms with E-state index < -0.39 is 5.97 Å². The number of nitrogens with zero attached hydrogens (tertiary/aromatic N) is 4. The van der Waals surface area contributed by atoms with Crippen LogP contribution in [0.1, 0.15) is 12.5 Å². The second-order valence-corrected chi connectivity index (χ2v) is 4.31. The summed E-state index contributed by atoms with van der Waals surface area (Å²) in [4.78, 5) is 16.1. The second-order valence-electron chi connectivity index (χ2n) is 4.31. The molecule has 1 aromatic carbocycles. The number of hydrogen-bond donors (Lipinski definition) is 0. The van der Waals surface area contributed by atoms with E-state index in [4.69, 9.17) is 10.3 Å². The molecule has 0 atom stereocenters. The quantitative estimate of drug-likeness (QED) is 0.200. The van der Waals surface area contributed by atoms with Gasteiger partial charge in [-0.15, -0.1) is 0 Å². The number of azide groups is 1. The van der Waals surface area contributed by atoms with E-state index in [1.54, 1.807) is 13.0 Å². The molecule has 1 rings (SSSR count). The Labute approximate surface area is 124 Å². The third kappa shape index (κ3) is 5.42. The highest BCUT2D eigenvalue weighted by Gasteiger charge is 2.06. The van der Waals surface area contributed by atoms with Crippen molar-refractivity contribution >= 4 is 17.7 Å². The molecule has 0 unspecified atom stereocenters. The molecular formula is C15H18N4O2. The topological polar surface area (TPSA) is 78.3 Å². The molecule has 1 aromatic rings. The van der Waals surface area contributed by atoms with Crippen LogP contribution < -0.4 is 4.90 Å².